The van der Waals surface area contributed by atoms with E-state index >= 15 is 0 Å². The van der Waals surface area contributed by atoms with Crippen molar-refractivity contribution in [2.75, 3.05) is 13.2 Å². The van der Waals surface area contributed by atoms with Crippen LogP contribution >= 0.6 is 0 Å². The van der Waals surface area contributed by atoms with E-state index in [-0.39, 0.29) is 17.7 Å². The normalized spacial score (nSPS) is 15.2. The van der Waals surface area contributed by atoms with Gasteiger partial charge in [-0.05, 0) is 24.5 Å². The van der Waals surface area contributed by atoms with E-state index in [9.17, 15) is 18.0 Å². The minimum Gasteiger partial charge on any atom is -0.475 e. The zero-order valence-corrected chi connectivity index (χ0v) is 17.5. The Labute approximate surface area is 186 Å². The van der Waals surface area contributed by atoms with E-state index in [1.54, 1.807) is 13.0 Å². The van der Waals surface area contributed by atoms with Gasteiger partial charge < -0.3 is 19.7 Å². The maximum atomic E-state index is 12.1. The van der Waals surface area contributed by atoms with Crippen molar-refractivity contribution in [1.82, 2.24) is 20.3 Å². The molecule has 9 nitrogen and oxygen atoms in total. The molecule has 0 radical (unpaired) electrons. The van der Waals surface area contributed by atoms with E-state index in [1.165, 1.54) is 11.1 Å². The molecular formula is C21H21F3N4O5. The molecule has 0 saturated carbocycles. The lowest BCUT2D eigenvalue weighted by molar-refractivity contribution is -0.192. The molecule has 1 unspecified atom stereocenters. The van der Waals surface area contributed by atoms with E-state index < -0.39 is 12.1 Å². The summed E-state index contributed by atoms with van der Waals surface area (Å²) in [5.41, 5.74) is 3.53. The summed E-state index contributed by atoms with van der Waals surface area (Å²) >= 11 is 0. The van der Waals surface area contributed by atoms with E-state index in [1.807, 2.05) is 22.9 Å². The molecule has 1 aromatic carbocycles. The zero-order chi connectivity index (χ0) is 24.0. The highest BCUT2D eigenvalue weighted by molar-refractivity contribution is 5.92. The van der Waals surface area contributed by atoms with E-state index in [2.05, 4.69) is 33.9 Å². The van der Waals surface area contributed by atoms with Crippen molar-refractivity contribution >= 4 is 11.9 Å². The van der Waals surface area contributed by atoms with Crippen molar-refractivity contribution in [1.29, 1.82) is 0 Å². The van der Waals surface area contributed by atoms with Gasteiger partial charge in [-0.25, -0.2) is 4.79 Å². The van der Waals surface area contributed by atoms with Gasteiger partial charge in [-0.3, -0.25) is 9.48 Å². The Kier molecular flexibility index (Phi) is 7.48. The third-order valence-corrected chi connectivity index (χ3v) is 4.60. The molecule has 1 atom stereocenters. The Hall–Kier alpha value is -3.67. The molecule has 33 heavy (non-hydrogen) atoms. The van der Waals surface area contributed by atoms with Crippen LogP contribution < -0.4 is 5.32 Å². The number of halogens is 3. The average molecular weight is 466 g/mol. The van der Waals surface area contributed by atoms with Crippen LogP contribution in [0.4, 0.5) is 13.2 Å². The quantitative estimate of drug-likeness (QED) is 0.593. The molecule has 0 fully saturated rings. The number of rotatable bonds is 5. The number of aromatic nitrogens is 3. The van der Waals surface area contributed by atoms with Crippen LogP contribution in [0.1, 0.15) is 39.2 Å². The molecule has 176 valence electrons. The molecule has 0 spiro atoms. The second kappa shape index (κ2) is 10.3. The first-order valence-corrected chi connectivity index (χ1v) is 9.87. The molecule has 3 heterocycles. The number of carbonyl (C=O) groups is 2. The molecule has 2 N–H and O–H groups in total. The summed E-state index contributed by atoms with van der Waals surface area (Å²) < 4.78 is 44.4. The predicted octanol–water partition coefficient (Wildman–Crippen LogP) is 2.90. The first-order chi connectivity index (χ1) is 15.6. The molecular weight excluding hydrogens is 445 g/mol. The van der Waals surface area contributed by atoms with Gasteiger partial charge in [0.05, 0.1) is 18.8 Å². The summed E-state index contributed by atoms with van der Waals surface area (Å²) in [5, 5.41) is 18.4. The third kappa shape index (κ3) is 6.65. The largest absolute Gasteiger partial charge is 0.490 e. The lowest BCUT2D eigenvalue weighted by atomic mass is 10.1. The van der Waals surface area contributed by atoms with Crippen LogP contribution in [-0.2, 0) is 22.5 Å². The number of hydrogen-bond donors (Lipinski definition) is 2. The summed E-state index contributed by atoms with van der Waals surface area (Å²) in [6.07, 6.45) is -2.44. The van der Waals surface area contributed by atoms with Gasteiger partial charge in [0, 0.05) is 18.8 Å². The topological polar surface area (TPSA) is 119 Å². The Morgan fingerprint density at radius 3 is 2.58 bits per heavy atom. The number of benzene rings is 1. The fourth-order valence-corrected chi connectivity index (χ4v) is 3.09. The number of nitrogens with zero attached hydrogens (tertiary/aromatic N) is 3. The summed E-state index contributed by atoms with van der Waals surface area (Å²) in [4.78, 5) is 21.0. The van der Waals surface area contributed by atoms with Gasteiger partial charge in [0.25, 0.3) is 5.91 Å². The number of ether oxygens (including phenoxy) is 1. The summed E-state index contributed by atoms with van der Waals surface area (Å²) in [6, 6.07) is 11.8. The monoisotopic (exact) mass is 466 g/mol. The highest BCUT2D eigenvalue weighted by Gasteiger charge is 2.38. The molecule has 12 heteroatoms. The molecule has 1 aliphatic heterocycles. The number of carboxylic acids is 1. The number of carboxylic acid groups (broad SMARTS) is 1. The lowest BCUT2D eigenvalue weighted by Gasteiger charge is -2.21. The average Bonchev–Trinajstić information content (AvgIpc) is 3.38. The number of amides is 1. The third-order valence-electron chi connectivity index (χ3n) is 4.60. The Balaban J connectivity index is 0.000000383. The number of carbonyl (C=O) groups excluding carboxylic acids is 1. The van der Waals surface area contributed by atoms with Crippen molar-refractivity contribution < 1.29 is 37.1 Å². The van der Waals surface area contributed by atoms with Crippen LogP contribution in [-0.4, -0.2) is 51.2 Å². The second-order valence-corrected chi connectivity index (χ2v) is 7.17. The van der Waals surface area contributed by atoms with Gasteiger partial charge in [-0.1, -0.05) is 35.5 Å². The number of fused-ring (bicyclic) bond motifs is 1. The van der Waals surface area contributed by atoms with Crippen LogP contribution in [0.25, 0.3) is 0 Å². The zero-order valence-electron chi connectivity index (χ0n) is 17.5. The second-order valence-electron chi connectivity index (χ2n) is 7.17. The number of aryl methyl sites for hydroxylation is 1. The molecule has 2 aromatic heterocycles. The molecule has 3 aromatic rings. The maximum absolute atomic E-state index is 12.1. The minimum atomic E-state index is -5.08. The molecule has 0 saturated heterocycles. The standard InChI is InChI=1S/C19H20N4O3.C2HF3O2/c1-13-9-16(22-26-13)19(24)20-10-17-18-15(7-8-25-17)12-23(21-18)11-14-5-3-2-4-6-14;3-2(4,5)1(6)7/h2-6,9,12,17H,7-8,10-11H2,1H3,(H,20,24);(H,6,7). The maximum Gasteiger partial charge on any atom is 0.490 e. The number of aliphatic carboxylic acids is 1. The molecule has 4 rings (SSSR count). The van der Waals surface area contributed by atoms with Gasteiger partial charge >= 0.3 is 12.1 Å². The van der Waals surface area contributed by atoms with Crippen molar-refractivity contribution in [2.24, 2.45) is 0 Å². The summed E-state index contributed by atoms with van der Waals surface area (Å²) in [5.74, 6) is -2.43. The highest BCUT2D eigenvalue weighted by atomic mass is 19.4. The highest BCUT2D eigenvalue weighted by Crippen LogP contribution is 2.25. The van der Waals surface area contributed by atoms with Gasteiger partial charge in [-0.15, -0.1) is 0 Å². The van der Waals surface area contributed by atoms with Crippen LogP contribution in [0.2, 0.25) is 0 Å². The molecule has 0 aliphatic carbocycles. The number of alkyl halides is 3. The van der Waals surface area contributed by atoms with Crippen LogP contribution in [0, 0.1) is 6.92 Å². The van der Waals surface area contributed by atoms with Gasteiger partial charge in [0.2, 0.25) is 0 Å². The Morgan fingerprint density at radius 1 is 1.27 bits per heavy atom. The SMILES string of the molecule is Cc1cc(C(=O)NCC2OCCc3cn(Cc4ccccc4)nc32)no1.O=C(O)C(F)(F)F. The lowest BCUT2D eigenvalue weighted by Crippen LogP contribution is -2.32. The fourth-order valence-electron chi connectivity index (χ4n) is 3.09. The number of hydrogen-bond acceptors (Lipinski definition) is 6. The molecule has 1 aliphatic rings. The molecule has 0 bridgehead atoms. The van der Waals surface area contributed by atoms with Crippen molar-refractivity contribution in [3.63, 3.8) is 0 Å². The van der Waals surface area contributed by atoms with E-state index in [4.69, 9.17) is 19.2 Å². The van der Waals surface area contributed by atoms with Gasteiger partial charge in [0.15, 0.2) is 5.69 Å². The van der Waals surface area contributed by atoms with Crippen molar-refractivity contribution in [3.8, 4) is 0 Å². The van der Waals surface area contributed by atoms with Gasteiger partial charge in [0.1, 0.15) is 11.9 Å². The Bertz CT molecular complexity index is 1100. The van der Waals surface area contributed by atoms with Crippen LogP contribution in [0.3, 0.4) is 0 Å². The number of nitrogens with one attached hydrogen (secondary N) is 1. The summed E-state index contributed by atoms with van der Waals surface area (Å²) in [6.45, 7) is 3.43. The van der Waals surface area contributed by atoms with Crippen molar-refractivity contribution in [3.05, 3.63) is 70.9 Å². The van der Waals surface area contributed by atoms with Crippen molar-refractivity contribution in [2.45, 2.75) is 32.2 Å². The predicted molar refractivity (Wildman–Crippen MR) is 107 cm³/mol. The minimum absolute atomic E-state index is 0.257. The summed E-state index contributed by atoms with van der Waals surface area (Å²) in [7, 11) is 0. The molecule has 1 amide bonds. The van der Waals surface area contributed by atoms with Crippen LogP contribution in [0.15, 0.2) is 47.1 Å². The van der Waals surface area contributed by atoms with E-state index in [0.29, 0.717) is 25.5 Å². The first-order valence-electron chi connectivity index (χ1n) is 9.87. The Morgan fingerprint density at radius 2 is 1.97 bits per heavy atom. The van der Waals surface area contributed by atoms with Gasteiger partial charge in [-0.2, -0.15) is 18.3 Å². The van der Waals surface area contributed by atoms with E-state index in [0.717, 1.165) is 12.1 Å². The van der Waals surface area contributed by atoms with Crippen LogP contribution in [0.5, 0.6) is 0 Å². The fraction of sp³-hybridized carbons (Fsp3) is 0.333. The first kappa shape index (κ1) is 24.0. The smallest absolute Gasteiger partial charge is 0.475 e.